The Hall–Kier alpha value is -0.120. The second-order valence-electron chi connectivity index (χ2n) is 6.13. The van der Waals surface area contributed by atoms with Crippen LogP contribution in [0.25, 0.3) is 0 Å². The third kappa shape index (κ3) is 5.41. The Bertz CT molecular complexity index is 235. The average molecular weight is 270 g/mol. The van der Waals surface area contributed by atoms with E-state index in [0.29, 0.717) is 11.6 Å². The van der Waals surface area contributed by atoms with E-state index in [1.54, 1.807) is 0 Å². The molecule has 0 aromatic carbocycles. The van der Waals surface area contributed by atoms with Crippen LogP contribution in [0.1, 0.15) is 59.8 Å². The highest BCUT2D eigenvalue weighted by molar-refractivity contribution is 4.94. The van der Waals surface area contributed by atoms with Gasteiger partial charge in [0, 0.05) is 37.8 Å². The van der Waals surface area contributed by atoms with Gasteiger partial charge in [-0.25, -0.2) is 0 Å². The van der Waals surface area contributed by atoms with Crippen LogP contribution in [0.5, 0.6) is 0 Å². The Balaban J connectivity index is 2.39. The summed E-state index contributed by atoms with van der Waals surface area (Å²) in [6.07, 6.45) is 6.16. The number of hydrogen-bond acceptors (Lipinski definition) is 3. The molecule has 2 unspecified atom stereocenters. The Morgan fingerprint density at radius 1 is 1.21 bits per heavy atom. The Labute approximate surface area is 120 Å². The Kier molecular flexibility index (Phi) is 7.96. The Morgan fingerprint density at radius 2 is 2.00 bits per heavy atom. The van der Waals surface area contributed by atoms with Crippen LogP contribution >= 0.6 is 0 Å². The smallest absolute Gasteiger partial charge is 0.0593 e. The maximum absolute atomic E-state index is 5.75. The van der Waals surface area contributed by atoms with E-state index in [0.717, 1.165) is 26.3 Å². The predicted molar refractivity (Wildman–Crippen MR) is 82.7 cm³/mol. The zero-order valence-electron chi connectivity index (χ0n) is 13.5. The molecule has 0 aromatic rings. The van der Waals surface area contributed by atoms with Crippen LogP contribution in [-0.4, -0.2) is 49.3 Å². The fourth-order valence-electron chi connectivity index (χ4n) is 2.80. The lowest BCUT2D eigenvalue weighted by Gasteiger charge is -2.48. The van der Waals surface area contributed by atoms with Gasteiger partial charge in [-0.05, 0) is 26.2 Å². The summed E-state index contributed by atoms with van der Waals surface area (Å²) in [4.78, 5) is 2.65. The standard InChI is InChI=1S/C16H34N2O/c1-5-8-11-19-12-10-18-13-15(9-6-2)17-14-16(18,4)7-3/h15,17H,5-14H2,1-4H3. The number of unbranched alkanes of at least 4 members (excludes halogenated alkanes) is 1. The molecule has 0 aromatic heterocycles. The van der Waals surface area contributed by atoms with Gasteiger partial charge in [-0.1, -0.05) is 33.6 Å². The molecular formula is C16H34N2O. The summed E-state index contributed by atoms with van der Waals surface area (Å²) in [5.74, 6) is 0. The normalized spacial score (nSPS) is 28.7. The van der Waals surface area contributed by atoms with Crippen LogP contribution in [-0.2, 0) is 4.74 Å². The van der Waals surface area contributed by atoms with Crippen molar-refractivity contribution in [3.8, 4) is 0 Å². The molecule has 3 heteroatoms. The van der Waals surface area contributed by atoms with Gasteiger partial charge in [0.15, 0.2) is 0 Å². The molecule has 1 rings (SSSR count). The van der Waals surface area contributed by atoms with Gasteiger partial charge < -0.3 is 10.1 Å². The molecule has 0 spiro atoms. The van der Waals surface area contributed by atoms with Crippen molar-refractivity contribution >= 4 is 0 Å². The summed E-state index contributed by atoms with van der Waals surface area (Å²) in [7, 11) is 0. The molecule has 0 radical (unpaired) electrons. The lowest BCUT2D eigenvalue weighted by atomic mass is 9.91. The van der Waals surface area contributed by atoms with Gasteiger partial charge in [0.25, 0.3) is 0 Å². The molecule has 0 amide bonds. The van der Waals surface area contributed by atoms with Crippen LogP contribution < -0.4 is 5.32 Å². The molecule has 2 atom stereocenters. The molecular weight excluding hydrogens is 236 g/mol. The van der Waals surface area contributed by atoms with Crippen LogP contribution in [0.3, 0.4) is 0 Å². The molecule has 19 heavy (non-hydrogen) atoms. The third-order valence-corrected chi connectivity index (χ3v) is 4.52. The molecule has 0 aliphatic carbocycles. The molecule has 0 saturated carbocycles. The van der Waals surface area contributed by atoms with Gasteiger partial charge in [-0.15, -0.1) is 0 Å². The van der Waals surface area contributed by atoms with Crippen LogP contribution in [0, 0.1) is 0 Å². The van der Waals surface area contributed by atoms with Crippen molar-refractivity contribution < 1.29 is 4.74 Å². The number of rotatable bonds is 9. The summed E-state index contributed by atoms with van der Waals surface area (Å²) >= 11 is 0. The predicted octanol–water partition coefficient (Wildman–Crippen LogP) is 3.05. The van der Waals surface area contributed by atoms with Gasteiger partial charge in [0.05, 0.1) is 6.61 Å². The molecule has 1 N–H and O–H groups in total. The molecule has 3 nitrogen and oxygen atoms in total. The number of nitrogens with one attached hydrogen (secondary N) is 1. The minimum atomic E-state index is 0.304. The first kappa shape index (κ1) is 16.9. The third-order valence-electron chi connectivity index (χ3n) is 4.52. The largest absolute Gasteiger partial charge is 0.380 e. The van der Waals surface area contributed by atoms with Crippen LogP contribution in [0.2, 0.25) is 0 Å². The first-order chi connectivity index (χ1) is 9.16. The maximum atomic E-state index is 5.75. The molecule has 1 aliphatic heterocycles. The van der Waals surface area contributed by atoms with Crippen molar-refractivity contribution in [1.82, 2.24) is 10.2 Å². The number of nitrogens with zero attached hydrogens (tertiary/aromatic N) is 1. The summed E-state index contributed by atoms with van der Waals surface area (Å²) in [6.45, 7) is 14.3. The molecule has 114 valence electrons. The fourth-order valence-corrected chi connectivity index (χ4v) is 2.80. The monoisotopic (exact) mass is 270 g/mol. The SMILES string of the molecule is CCCCOCCN1CC(CCC)NCC1(C)CC. The van der Waals surface area contributed by atoms with E-state index in [2.05, 4.69) is 37.9 Å². The second kappa shape index (κ2) is 8.93. The van der Waals surface area contributed by atoms with E-state index < -0.39 is 0 Å². The number of ether oxygens (including phenoxy) is 1. The van der Waals surface area contributed by atoms with Gasteiger partial charge in [-0.2, -0.15) is 0 Å². The highest BCUT2D eigenvalue weighted by atomic mass is 16.5. The van der Waals surface area contributed by atoms with Crippen molar-refractivity contribution in [2.45, 2.75) is 71.4 Å². The van der Waals surface area contributed by atoms with E-state index >= 15 is 0 Å². The number of piperazine rings is 1. The minimum Gasteiger partial charge on any atom is -0.380 e. The lowest BCUT2D eigenvalue weighted by Crippen LogP contribution is -2.63. The Morgan fingerprint density at radius 3 is 2.63 bits per heavy atom. The number of hydrogen-bond donors (Lipinski definition) is 1. The lowest BCUT2D eigenvalue weighted by molar-refractivity contribution is 0.0154. The van der Waals surface area contributed by atoms with E-state index in [9.17, 15) is 0 Å². The molecule has 1 heterocycles. The highest BCUT2D eigenvalue weighted by Crippen LogP contribution is 2.23. The zero-order valence-corrected chi connectivity index (χ0v) is 13.5. The van der Waals surface area contributed by atoms with E-state index in [1.807, 2.05) is 0 Å². The highest BCUT2D eigenvalue weighted by Gasteiger charge is 2.35. The fraction of sp³-hybridized carbons (Fsp3) is 1.00. The summed E-state index contributed by atoms with van der Waals surface area (Å²) in [6, 6.07) is 0.667. The quantitative estimate of drug-likeness (QED) is 0.652. The van der Waals surface area contributed by atoms with Crippen LogP contribution in [0.4, 0.5) is 0 Å². The second-order valence-corrected chi connectivity index (χ2v) is 6.13. The van der Waals surface area contributed by atoms with E-state index in [-0.39, 0.29) is 0 Å². The van der Waals surface area contributed by atoms with Gasteiger partial charge in [-0.3, -0.25) is 4.90 Å². The van der Waals surface area contributed by atoms with Crippen molar-refractivity contribution in [2.24, 2.45) is 0 Å². The summed E-state index contributed by atoms with van der Waals surface area (Å²) in [5, 5.41) is 3.72. The summed E-state index contributed by atoms with van der Waals surface area (Å²) in [5.41, 5.74) is 0.304. The summed E-state index contributed by atoms with van der Waals surface area (Å²) < 4.78 is 5.75. The minimum absolute atomic E-state index is 0.304. The van der Waals surface area contributed by atoms with E-state index in [4.69, 9.17) is 4.74 Å². The molecule has 1 fully saturated rings. The van der Waals surface area contributed by atoms with Gasteiger partial charge >= 0.3 is 0 Å². The molecule has 1 saturated heterocycles. The van der Waals surface area contributed by atoms with Crippen molar-refractivity contribution in [2.75, 3.05) is 32.8 Å². The van der Waals surface area contributed by atoms with Gasteiger partial charge in [0.1, 0.15) is 0 Å². The van der Waals surface area contributed by atoms with Crippen molar-refractivity contribution in [1.29, 1.82) is 0 Å². The van der Waals surface area contributed by atoms with Crippen LogP contribution in [0.15, 0.2) is 0 Å². The van der Waals surface area contributed by atoms with Crippen molar-refractivity contribution in [3.63, 3.8) is 0 Å². The van der Waals surface area contributed by atoms with Crippen molar-refractivity contribution in [3.05, 3.63) is 0 Å². The molecule has 1 aliphatic rings. The average Bonchev–Trinajstić information content (AvgIpc) is 2.42. The van der Waals surface area contributed by atoms with E-state index in [1.165, 1.54) is 38.6 Å². The van der Waals surface area contributed by atoms with Gasteiger partial charge in [0.2, 0.25) is 0 Å². The zero-order chi connectivity index (χ0) is 14.1. The first-order valence-corrected chi connectivity index (χ1v) is 8.22. The first-order valence-electron chi connectivity index (χ1n) is 8.22. The topological polar surface area (TPSA) is 24.5 Å². The maximum Gasteiger partial charge on any atom is 0.0593 e. The molecule has 0 bridgehead atoms.